The predicted molar refractivity (Wildman–Crippen MR) is 58.2 cm³/mol. The van der Waals surface area contributed by atoms with Crippen molar-refractivity contribution in [3.63, 3.8) is 0 Å². The van der Waals surface area contributed by atoms with Crippen LogP contribution in [0.3, 0.4) is 0 Å². The van der Waals surface area contributed by atoms with E-state index in [2.05, 4.69) is 6.07 Å². The first-order chi connectivity index (χ1) is 6.69. The van der Waals surface area contributed by atoms with Crippen LogP contribution in [0.2, 0.25) is 0 Å². The Labute approximate surface area is 84.7 Å². The Balaban J connectivity index is 3.03. The standard InChI is InChI=1S/C11H15N3/c1-9-3-4-11(10(7-9)8-13)14(2)6-5-12/h3-4,7H,5-6,12H2,1-2H3. The van der Waals surface area contributed by atoms with Crippen molar-refractivity contribution in [1.82, 2.24) is 0 Å². The number of nitrogens with two attached hydrogens (primary N) is 1. The normalized spacial score (nSPS) is 9.57. The van der Waals surface area contributed by atoms with E-state index in [1.165, 1.54) is 0 Å². The van der Waals surface area contributed by atoms with Crippen LogP contribution in [-0.4, -0.2) is 20.1 Å². The fourth-order valence-electron chi connectivity index (χ4n) is 1.39. The van der Waals surface area contributed by atoms with E-state index >= 15 is 0 Å². The highest BCUT2D eigenvalue weighted by molar-refractivity contribution is 5.59. The summed E-state index contributed by atoms with van der Waals surface area (Å²) in [4.78, 5) is 2.00. The van der Waals surface area contributed by atoms with Gasteiger partial charge < -0.3 is 10.6 Å². The third-order valence-electron chi connectivity index (χ3n) is 2.15. The Morgan fingerprint density at radius 1 is 1.50 bits per heavy atom. The van der Waals surface area contributed by atoms with Gasteiger partial charge in [-0.15, -0.1) is 0 Å². The average Bonchev–Trinajstić information content (AvgIpc) is 2.17. The highest BCUT2D eigenvalue weighted by Gasteiger charge is 2.05. The Morgan fingerprint density at radius 3 is 2.79 bits per heavy atom. The monoisotopic (exact) mass is 189 g/mol. The molecule has 0 heterocycles. The molecule has 0 aliphatic rings. The third kappa shape index (κ3) is 2.24. The first-order valence-electron chi connectivity index (χ1n) is 4.61. The summed E-state index contributed by atoms with van der Waals surface area (Å²) in [7, 11) is 1.94. The molecule has 1 aromatic carbocycles. The number of likely N-dealkylation sites (N-methyl/N-ethyl adjacent to an activating group) is 1. The molecule has 0 saturated heterocycles. The maximum Gasteiger partial charge on any atom is 0.101 e. The average molecular weight is 189 g/mol. The number of hydrogen-bond acceptors (Lipinski definition) is 3. The van der Waals surface area contributed by atoms with Crippen molar-refractivity contribution in [2.24, 2.45) is 5.73 Å². The minimum absolute atomic E-state index is 0.593. The molecule has 0 amide bonds. The van der Waals surface area contributed by atoms with E-state index in [1.54, 1.807) is 0 Å². The highest BCUT2D eigenvalue weighted by atomic mass is 15.1. The van der Waals surface area contributed by atoms with E-state index < -0.39 is 0 Å². The molecule has 0 radical (unpaired) electrons. The van der Waals surface area contributed by atoms with Gasteiger partial charge in [-0.1, -0.05) is 6.07 Å². The molecule has 3 nitrogen and oxygen atoms in total. The van der Waals surface area contributed by atoms with Crippen molar-refractivity contribution < 1.29 is 0 Å². The maximum atomic E-state index is 8.95. The third-order valence-corrected chi connectivity index (χ3v) is 2.15. The molecule has 0 bridgehead atoms. The van der Waals surface area contributed by atoms with Crippen LogP contribution in [0, 0.1) is 18.3 Å². The summed E-state index contributed by atoms with van der Waals surface area (Å²) in [5, 5.41) is 8.95. The SMILES string of the molecule is Cc1ccc(N(C)CCN)c(C#N)c1. The van der Waals surface area contributed by atoms with Crippen molar-refractivity contribution in [2.75, 3.05) is 25.0 Å². The summed E-state index contributed by atoms with van der Waals surface area (Å²) in [6.07, 6.45) is 0. The van der Waals surface area contributed by atoms with Gasteiger partial charge in [-0.25, -0.2) is 0 Å². The van der Waals surface area contributed by atoms with Crippen LogP contribution >= 0.6 is 0 Å². The van der Waals surface area contributed by atoms with E-state index in [4.69, 9.17) is 11.0 Å². The van der Waals surface area contributed by atoms with E-state index in [9.17, 15) is 0 Å². The minimum atomic E-state index is 0.593. The van der Waals surface area contributed by atoms with Gasteiger partial charge in [-0.2, -0.15) is 5.26 Å². The Kier molecular flexibility index (Phi) is 3.49. The van der Waals surface area contributed by atoms with Gasteiger partial charge in [0.1, 0.15) is 6.07 Å². The molecular formula is C11H15N3. The number of benzene rings is 1. The van der Waals surface area contributed by atoms with Gasteiger partial charge in [0.15, 0.2) is 0 Å². The molecule has 1 aromatic rings. The second kappa shape index (κ2) is 4.64. The molecule has 0 saturated carbocycles. The fraction of sp³-hybridized carbons (Fsp3) is 0.364. The maximum absolute atomic E-state index is 8.95. The summed E-state index contributed by atoms with van der Waals surface area (Å²) in [6, 6.07) is 8.05. The van der Waals surface area contributed by atoms with Crippen molar-refractivity contribution in [2.45, 2.75) is 6.92 Å². The lowest BCUT2D eigenvalue weighted by Gasteiger charge is -2.19. The van der Waals surface area contributed by atoms with Crippen LogP contribution in [0.1, 0.15) is 11.1 Å². The summed E-state index contributed by atoms with van der Waals surface area (Å²) in [6.45, 7) is 3.33. The molecule has 0 fully saturated rings. The topological polar surface area (TPSA) is 53.0 Å². The van der Waals surface area contributed by atoms with Crippen molar-refractivity contribution in [1.29, 1.82) is 5.26 Å². The van der Waals surface area contributed by atoms with Gasteiger partial charge in [0.25, 0.3) is 0 Å². The Hall–Kier alpha value is -1.53. The van der Waals surface area contributed by atoms with E-state index in [0.717, 1.165) is 17.8 Å². The summed E-state index contributed by atoms with van der Waals surface area (Å²) in [5.74, 6) is 0. The summed E-state index contributed by atoms with van der Waals surface area (Å²) < 4.78 is 0. The number of nitriles is 1. The number of aryl methyl sites for hydroxylation is 1. The van der Waals surface area contributed by atoms with Gasteiger partial charge in [-0.3, -0.25) is 0 Å². The Bertz CT molecular complexity index is 352. The van der Waals surface area contributed by atoms with Crippen LogP contribution < -0.4 is 10.6 Å². The number of rotatable bonds is 3. The molecule has 1 rings (SSSR count). The predicted octanol–water partition coefficient (Wildman–Crippen LogP) is 1.26. The number of anilines is 1. The zero-order valence-electron chi connectivity index (χ0n) is 8.62. The Morgan fingerprint density at radius 2 is 2.21 bits per heavy atom. The minimum Gasteiger partial charge on any atom is -0.372 e. The summed E-state index contributed by atoms with van der Waals surface area (Å²) >= 11 is 0. The molecule has 0 spiro atoms. The largest absolute Gasteiger partial charge is 0.372 e. The fourth-order valence-corrected chi connectivity index (χ4v) is 1.39. The number of hydrogen-bond donors (Lipinski definition) is 1. The second-order valence-corrected chi connectivity index (χ2v) is 3.34. The molecule has 2 N–H and O–H groups in total. The van der Waals surface area contributed by atoms with Gasteiger partial charge in [0.2, 0.25) is 0 Å². The van der Waals surface area contributed by atoms with Gasteiger partial charge in [-0.05, 0) is 24.6 Å². The molecule has 0 atom stereocenters. The molecular weight excluding hydrogens is 174 g/mol. The molecule has 0 unspecified atom stereocenters. The zero-order chi connectivity index (χ0) is 10.6. The first kappa shape index (κ1) is 10.6. The van der Waals surface area contributed by atoms with Crippen molar-refractivity contribution in [3.8, 4) is 6.07 Å². The smallest absolute Gasteiger partial charge is 0.101 e. The highest BCUT2D eigenvalue weighted by Crippen LogP contribution is 2.19. The van der Waals surface area contributed by atoms with E-state index in [0.29, 0.717) is 12.1 Å². The lowest BCUT2D eigenvalue weighted by Crippen LogP contribution is -2.25. The summed E-state index contributed by atoms with van der Waals surface area (Å²) in [5.41, 5.74) is 8.22. The van der Waals surface area contributed by atoms with Crippen LogP contribution in [0.25, 0.3) is 0 Å². The van der Waals surface area contributed by atoms with Crippen LogP contribution in [0.5, 0.6) is 0 Å². The molecule has 0 aromatic heterocycles. The first-order valence-corrected chi connectivity index (χ1v) is 4.61. The lowest BCUT2D eigenvalue weighted by molar-refractivity contribution is 0.884. The van der Waals surface area contributed by atoms with Gasteiger partial charge >= 0.3 is 0 Å². The number of nitrogens with zero attached hydrogens (tertiary/aromatic N) is 2. The van der Waals surface area contributed by atoms with Crippen molar-refractivity contribution in [3.05, 3.63) is 29.3 Å². The van der Waals surface area contributed by atoms with Gasteiger partial charge in [0.05, 0.1) is 11.3 Å². The van der Waals surface area contributed by atoms with E-state index in [1.807, 2.05) is 37.1 Å². The van der Waals surface area contributed by atoms with Crippen molar-refractivity contribution >= 4 is 5.69 Å². The van der Waals surface area contributed by atoms with E-state index in [-0.39, 0.29) is 0 Å². The van der Waals surface area contributed by atoms with Crippen LogP contribution in [0.4, 0.5) is 5.69 Å². The zero-order valence-corrected chi connectivity index (χ0v) is 8.62. The molecule has 0 aliphatic heterocycles. The molecule has 74 valence electrons. The molecule has 14 heavy (non-hydrogen) atoms. The van der Waals surface area contributed by atoms with Crippen LogP contribution in [-0.2, 0) is 0 Å². The van der Waals surface area contributed by atoms with Gasteiger partial charge in [0, 0.05) is 20.1 Å². The second-order valence-electron chi connectivity index (χ2n) is 3.34. The molecule has 3 heteroatoms. The molecule has 0 aliphatic carbocycles. The van der Waals surface area contributed by atoms with Crippen LogP contribution in [0.15, 0.2) is 18.2 Å². The lowest BCUT2D eigenvalue weighted by atomic mass is 10.1. The quantitative estimate of drug-likeness (QED) is 0.778.